The molecule has 0 amide bonds. The lowest BCUT2D eigenvalue weighted by Crippen LogP contribution is -2.06. The molecule has 1 heterocycles. The molecule has 3 nitrogen and oxygen atoms in total. The van der Waals surface area contributed by atoms with Crippen molar-refractivity contribution >= 4 is 29.0 Å². The summed E-state index contributed by atoms with van der Waals surface area (Å²) in [5.41, 5.74) is 7.89. The first-order valence-corrected chi connectivity index (χ1v) is 6.09. The van der Waals surface area contributed by atoms with Gasteiger partial charge in [-0.05, 0) is 36.2 Å². The molecular formula is C13H12Cl2N2O. The van der Waals surface area contributed by atoms with E-state index in [2.05, 4.69) is 4.98 Å². The van der Waals surface area contributed by atoms with Crippen LogP contribution in [0, 0.1) is 6.92 Å². The van der Waals surface area contributed by atoms with Gasteiger partial charge in [-0.25, -0.2) is 4.98 Å². The van der Waals surface area contributed by atoms with E-state index in [4.69, 9.17) is 28.9 Å². The summed E-state index contributed by atoms with van der Waals surface area (Å²) < 4.78 is 0. The molecule has 2 aromatic rings. The highest BCUT2D eigenvalue weighted by Gasteiger charge is 2.15. The minimum absolute atomic E-state index is 0.305. The zero-order valence-electron chi connectivity index (χ0n) is 9.69. The minimum atomic E-state index is -0.868. The van der Waals surface area contributed by atoms with Crippen molar-refractivity contribution in [3.8, 4) is 0 Å². The van der Waals surface area contributed by atoms with E-state index in [1.165, 1.54) is 0 Å². The number of halogens is 2. The van der Waals surface area contributed by atoms with Gasteiger partial charge in [0.15, 0.2) is 0 Å². The van der Waals surface area contributed by atoms with E-state index in [0.717, 1.165) is 5.56 Å². The van der Waals surface area contributed by atoms with E-state index in [9.17, 15) is 5.11 Å². The monoisotopic (exact) mass is 282 g/mol. The number of aromatic nitrogens is 1. The van der Waals surface area contributed by atoms with Crippen molar-refractivity contribution in [2.75, 3.05) is 5.73 Å². The second kappa shape index (κ2) is 5.14. The van der Waals surface area contributed by atoms with E-state index in [1.807, 2.05) is 6.92 Å². The van der Waals surface area contributed by atoms with Gasteiger partial charge in [-0.15, -0.1) is 0 Å². The molecule has 0 radical (unpaired) electrons. The largest absolute Gasteiger partial charge is 0.384 e. The molecule has 0 aliphatic rings. The second-order valence-electron chi connectivity index (χ2n) is 4.06. The zero-order valence-corrected chi connectivity index (χ0v) is 11.2. The molecule has 0 saturated heterocycles. The second-order valence-corrected chi connectivity index (χ2v) is 4.88. The number of nitrogens with two attached hydrogens (primary N) is 1. The van der Waals surface area contributed by atoms with E-state index < -0.39 is 6.10 Å². The molecule has 0 bridgehead atoms. The Hall–Kier alpha value is -1.29. The van der Waals surface area contributed by atoms with Gasteiger partial charge in [0.25, 0.3) is 0 Å². The molecule has 0 fully saturated rings. The van der Waals surface area contributed by atoms with Gasteiger partial charge in [-0.3, -0.25) is 0 Å². The Bertz CT molecular complexity index is 587. The van der Waals surface area contributed by atoms with E-state index in [0.29, 0.717) is 27.0 Å². The number of benzene rings is 1. The van der Waals surface area contributed by atoms with Crippen molar-refractivity contribution in [2.24, 2.45) is 0 Å². The first kappa shape index (κ1) is 13.1. The van der Waals surface area contributed by atoms with Gasteiger partial charge in [0.1, 0.15) is 11.9 Å². The molecule has 1 aromatic heterocycles. The smallest absolute Gasteiger partial charge is 0.129 e. The molecule has 0 spiro atoms. The third-order valence-electron chi connectivity index (χ3n) is 2.64. The number of rotatable bonds is 2. The normalized spacial score (nSPS) is 12.4. The first-order chi connectivity index (χ1) is 8.49. The maximum atomic E-state index is 10.3. The zero-order chi connectivity index (χ0) is 13.3. The van der Waals surface area contributed by atoms with Crippen LogP contribution in [0.2, 0.25) is 10.0 Å². The fourth-order valence-electron chi connectivity index (χ4n) is 1.68. The maximum Gasteiger partial charge on any atom is 0.129 e. The van der Waals surface area contributed by atoms with E-state index in [-0.39, 0.29) is 0 Å². The van der Waals surface area contributed by atoms with Crippen molar-refractivity contribution in [1.82, 2.24) is 4.98 Å². The topological polar surface area (TPSA) is 59.1 Å². The van der Waals surface area contributed by atoms with Gasteiger partial charge in [-0.1, -0.05) is 29.3 Å². The predicted octanol–water partition coefficient (Wildman–Crippen LogP) is 3.36. The number of hydrogen-bond acceptors (Lipinski definition) is 3. The number of anilines is 1. The number of hydrogen-bond donors (Lipinski definition) is 2. The van der Waals surface area contributed by atoms with Gasteiger partial charge in [-0.2, -0.15) is 0 Å². The van der Waals surface area contributed by atoms with Crippen LogP contribution in [0.3, 0.4) is 0 Å². The van der Waals surface area contributed by atoms with Gasteiger partial charge in [0.2, 0.25) is 0 Å². The molecule has 1 aromatic carbocycles. The summed E-state index contributed by atoms with van der Waals surface area (Å²) in [4.78, 5) is 4.02. The molecule has 0 aliphatic carbocycles. The van der Waals surface area contributed by atoms with Gasteiger partial charge < -0.3 is 10.8 Å². The molecular weight excluding hydrogens is 271 g/mol. The summed E-state index contributed by atoms with van der Waals surface area (Å²) in [6.07, 6.45) is 0.785. The number of aryl methyl sites for hydroxylation is 1. The Morgan fingerprint density at radius 1 is 1.22 bits per heavy atom. The number of aliphatic hydroxyl groups excluding tert-OH is 1. The van der Waals surface area contributed by atoms with Crippen LogP contribution in [0.4, 0.5) is 5.82 Å². The molecule has 3 N–H and O–H groups in total. The highest BCUT2D eigenvalue weighted by Crippen LogP contribution is 2.30. The third-order valence-corrected chi connectivity index (χ3v) is 3.38. The van der Waals surface area contributed by atoms with Crippen LogP contribution >= 0.6 is 23.2 Å². The van der Waals surface area contributed by atoms with Gasteiger partial charge >= 0.3 is 0 Å². The molecule has 0 saturated carbocycles. The lowest BCUT2D eigenvalue weighted by atomic mass is 10.0. The molecule has 2 rings (SSSR count). The average molecular weight is 283 g/mol. The Morgan fingerprint density at radius 3 is 2.61 bits per heavy atom. The van der Waals surface area contributed by atoms with Crippen molar-refractivity contribution in [2.45, 2.75) is 13.0 Å². The predicted molar refractivity (Wildman–Crippen MR) is 73.9 cm³/mol. The fourth-order valence-corrected chi connectivity index (χ4v) is 1.99. The van der Waals surface area contributed by atoms with Gasteiger partial charge in [0, 0.05) is 11.8 Å². The van der Waals surface area contributed by atoms with Crippen LogP contribution in [0.5, 0.6) is 0 Å². The van der Waals surface area contributed by atoms with Crippen LogP contribution in [0.1, 0.15) is 22.8 Å². The summed E-state index contributed by atoms with van der Waals surface area (Å²) in [6.45, 7) is 1.89. The number of aliphatic hydroxyl groups is 1. The quantitative estimate of drug-likeness (QED) is 0.888. The number of nitrogen functional groups attached to an aromatic ring is 1. The summed E-state index contributed by atoms with van der Waals surface area (Å²) in [5, 5.41) is 11.1. The van der Waals surface area contributed by atoms with Crippen molar-refractivity contribution in [3.05, 3.63) is 57.2 Å². The van der Waals surface area contributed by atoms with Crippen LogP contribution < -0.4 is 5.73 Å². The highest BCUT2D eigenvalue weighted by atomic mass is 35.5. The standard InChI is InChI=1S/C13H12Cl2N2O/c1-7-4-9(13(16)17-6-7)12(18)8-2-3-10(14)11(15)5-8/h2-6,12,18H,1H3,(H2,16,17). The molecule has 1 atom stereocenters. The maximum absolute atomic E-state index is 10.3. The van der Waals surface area contributed by atoms with Crippen LogP contribution in [0.25, 0.3) is 0 Å². The summed E-state index contributed by atoms with van der Waals surface area (Å²) >= 11 is 11.8. The van der Waals surface area contributed by atoms with Crippen LogP contribution in [-0.4, -0.2) is 10.1 Å². The SMILES string of the molecule is Cc1cnc(N)c(C(O)c2ccc(Cl)c(Cl)c2)c1. The molecule has 18 heavy (non-hydrogen) atoms. The van der Waals surface area contributed by atoms with Crippen LogP contribution in [0.15, 0.2) is 30.5 Å². The van der Waals surface area contributed by atoms with Gasteiger partial charge in [0.05, 0.1) is 10.0 Å². The van der Waals surface area contributed by atoms with Crippen molar-refractivity contribution in [1.29, 1.82) is 0 Å². The summed E-state index contributed by atoms with van der Waals surface area (Å²) in [6, 6.07) is 6.77. The Labute approximate surface area is 115 Å². The Kier molecular flexibility index (Phi) is 3.76. The Balaban J connectivity index is 2.44. The van der Waals surface area contributed by atoms with E-state index >= 15 is 0 Å². The molecule has 94 valence electrons. The average Bonchev–Trinajstić information content (AvgIpc) is 2.35. The van der Waals surface area contributed by atoms with Crippen molar-refractivity contribution < 1.29 is 5.11 Å². The molecule has 5 heteroatoms. The molecule has 1 unspecified atom stereocenters. The van der Waals surface area contributed by atoms with Crippen molar-refractivity contribution in [3.63, 3.8) is 0 Å². The minimum Gasteiger partial charge on any atom is -0.384 e. The lowest BCUT2D eigenvalue weighted by molar-refractivity contribution is 0.220. The highest BCUT2D eigenvalue weighted by molar-refractivity contribution is 6.42. The van der Waals surface area contributed by atoms with Crippen LogP contribution in [-0.2, 0) is 0 Å². The van der Waals surface area contributed by atoms with E-state index in [1.54, 1.807) is 30.5 Å². The third kappa shape index (κ3) is 2.58. The summed E-state index contributed by atoms with van der Waals surface area (Å²) in [5.74, 6) is 0.305. The number of nitrogens with zero attached hydrogens (tertiary/aromatic N) is 1. The first-order valence-electron chi connectivity index (χ1n) is 5.34. The fraction of sp³-hybridized carbons (Fsp3) is 0.154. The Morgan fingerprint density at radius 2 is 1.94 bits per heavy atom. The lowest BCUT2D eigenvalue weighted by Gasteiger charge is -2.14. The summed E-state index contributed by atoms with van der Waals surface area (Å²) in [7, 11) is 0. The number of pyridine rings is 1. The molecule has 0 aliphatic heterocycles.